The van der Waals surface area contributed by atoms with Crippen LogP contribution in [0.4, 0.5) is 11.5 Å². The highest BCUT2D eigenvalue weighted by Crippen LogP contribution is 2.18. The number of aryl methyl sites for hydroxylation is 2. The lowest BCUT2D eigenvalue weighted by molar-refractivity contribution is 0.0599. The van der Waals surface area contributed by atoms with E-state index in [1.807, 2.05) is 0 Å². The van der Waals surface area contributed by atoms with Crippen LogP contribution in [0.5, 0.6) is 0 Å². The first-order valence-corrected chi connectivity index (χ1v) is 8.28. The Morgan fingerprint density at radius 1 is 1.11 bits per heavy atom. The van der Waals surface area contributed by atoms with Gasteiger partial charge >= 0.3 is 5.97 Å². The zero-order valence-corrected chi connectivity index (χ0v) is 15.5. The van der Waals surface area contributed by atoms with E-state index in [1.165, 1.54) is 36.3 Å². The zero-order chi connectivity index (χ0) is 20.3. The van der Waals surface area contributed by atoms with Crippen LogP contribution in [0.15, 0.2) is 47.1 Å². The summed E-state index contributed by atoms with van der Waals surface area (Å²) in [4.78, 5) is 36.4. The maximum absolute atomic E-state index is 12.5. The maximum Gasteiger partial charge on any atom is 0.338 e. The number of aromatic nitrogens is 2. The van der Waals surface area contributed by atoms with Crippen molar-refractivity contribution in [1.29, 1.82) is 0 Å². The summed E-state index contributed by atoms with van der Waals surface area (Å²) in [5.41, 5.74) is 1.60. The van der Waals surface area contributed by atoms with Crippen LogP contribution in [0.1, 0.15) is 37.0 Å². The molecule has 0 atom stereocenters. The molecule has 28 heavy (non-hydrogen) atoms. The molecular weight excluding hydrogens is 364 g/mol. The zero-order valence-electron chi connectivity index (χ0n) is 15.5. The number of rotatable bonds is 5. The van der Waals surface area contributed by atoms with Gasteiger partial charge in [-0.3, -0.25) is 14.3 Å². The average molecular weight is 382 g/mol. The van der Waals surface area contributed by atoms with Crippen LogP contribution in [0, 0.1) is 6.92 Å². The molecule has 9 heteroatoms. The summed E-state index contributed by atoms with van der Waals surface area (Å²) < 4.78 is 11.1. The first kappa shape index (κ1) is 18.9. The molecule has 0 radical (unpaired) electrons. The van der Waals surface area contributed by atoms with Gasteiger partial charge in [0.1, 0.15) is 5.82 Å². The second-order valence-corrected chi connectivity index (χ2v) is 5.95. The van der Waals surface area contributed by atoms with E-state index in [2.05, 4.69) is 15.7 Å². The molecule has 0 aliphatic rings. The molecular formula is C19H18N4O5. The van der Waals surface area contributed by atoms with Gasteiger partial charge in [0.05, 0.1) is 18.9 Å². The molecule has 1 aromatic carbocycles. The highest BCUT2D eigenvalue weighted by atomic mass is 16.5. The molecule has 3 aromatic rings. The Balaban J connectivity index is 1.75. The predicted octanol–water partition coefficient (Wildman–Crippen LogP) is 2.61. The van der Waals surface area contributed by atoms with E-state index in [-0.39, 0.29) is 11.5 Å². The van der Waals surface area contributed by atoms with Crippen LogP contribution >= 0.6 is 0 Å². The lowest BCUT2D eigenvalue weighted by Crippen LogP contribution is -2.14. The summed E-state index contributed by atoms with van der Waals surface area (Å²) >= 11 is 0. The Hall–Kier alpha value is -3.88. The number of nitrogens with zero attached hydrogens (tertiary/aromatic N) is 2. The average Bonchev–Trinajstić information content (AvgIpc) is 3.33. The van der Waals surface area contributed by atoms with Gasteiger partial charge in [-0.25, -0.2) is 4.79 Å². The Morgan fingerprint density at radius 3 is 2.57 bits per heavy atom. The molecule has 2 aromatic heterocycles. The number of carbonyl (C=O) groups excluding carboxylic acids is 3. The minimum Gasteiger partial charge on any atom is -0.465 e. The van der Waals surface area contributed by atoms with Crippen molar-refractivity contribution < 1.29 is 23.5 Å². The van der Waals surface area contributed by atoms with E-state index in [1.54, 1.807) is 32.2 Å². The topological polar surface area (TPSA) is 115 Å². The first-order chi connectivity index (χ1) is 13.4. The van der Waals surface area contributed by atoms with Gasteiger partial charge in [-0.05, 0) is 36.8 Å². The monoisotopic (exact) mass is 382 g/mol. The van der Waals surface area contributed by atoms with Crippen molar-refractivity contribution >= 4 is 29.3 Å². The lowest BCUT2D eigenvalue weighted by Gasteiger charge is -2.08. The van der Waals surface area contributed by atoms with E-state index in [0.717, 1.165) is 5.56 Å². The summed E-state index contributed by atoms with van der Waals surface area (Å²) in [5.74, 6) is -0.975. The van der Waals surface area contributed by atoms with Crippen molar-refractivity contribution in [2.75, 3.05) is 17.7 Å². The molecule has 0 saturated heterocycles. The minimum absolute atomic E-state index is 0.0948. The number of benzene rings is 1. The smallest absolute Gasteiger partial charge is 0.338 e. The number of esters is 1. The van der Waals surface area contributed by atoms with Gasteiger partial charge in [-0.2, -0.15) is 5.10 Å². The number of ether oxygens (including phenoxy) is 1. The highest BCUT2D eigenvalue weighted by Gasteiger charge is 2.17. The normalized spacial score (nSPS) is 10.4. The molecule has 144 valence electrons. The number of hydrogen-bond donors (Lipinski definition) is 2. The maximum atomic E-state index is 12.5. The molecule has 0 fully saturated rings. The summed E-state index contributed by atoms with van der Waals surface area (Å²) in [7, 11) is 2.88. The molecule has 0 aliphatic heterocycles. The van der Waals surface area contributed by atoms with E-state index >= 15 is 0 Å². The van der Waals surface area contributed by atoms with Gasteiger partial charge < -0.3 is 19.8 Å². The van der Waals surface area contributed by atoms with Crippen molar-refractivity contribution in [3.05, 3.63) is 65.2 Å². The van der Waals surface area contributed by atoms with Crippen LogP contribution in [0.2, 0.25) is 0 Å². The molecule has 0 saturated carbocycles. The third-order valence-corrected chi connectivity index (χ3v) is 4.00. The van der Waals surface area contributed by atoms with Gasteiger partial charge in [-0.15, -0.1) is 0 Å². The number of anilines is 2. The van der Waals surface area contributed by atoms with Crippen LogP contribution in [0.3, 0.4) is 0 Å². The number of nitrogens with one attached hydrogen (secondary N) is 2. The van der Waals surface area contributed by atoms with E-state index in [0.29, 0.717) is 17.1 Å². The number of furan rings is 1. The van der Waals surface area contributed by atoms with E-state index in [4.69, 9.17) is 9.15 Å². The summed E-state index contributed by atoms with van der Waals surface area (Å²) in [6.07, 6.45) is 1.39. The fourth-order valence-corrected chi connectivity index (χ4v) is 2.51. The van der Waals surface area contributed by atoms with Crippen molar-refractivity contribution in [2.45, 2.75) is 6.92 Å². The third-order valence-electron chi connectivity index (χ3n) is 4.00. The van der Waals surface area contributed by atoms with Gasteiger partial charge in [0.25, 0.3) is 11.8 Å². The molecule has 3 rings (SSSR count). The number of amides is 2. The number of hydrogen-bond acceptors (Lipinski definition) is 6. The fourth-order valence-electron chi connectivity index (χ4n) is 2.51. The lowest BCUT2D eigenvalue weighted by atomic mass is 10.1. The highest BCUT2D eigenvalue weighted by molar-refractivity contribution is 6.06. The van der Waals surface area contributed by atoms with Gasteiger partial charge in [0, 0.05) is 18.8 Å². The molecule has 0 spiro atoms. The van der Waals surface area contributed by atoms with Crippen molar-refractivity contribution in [3.8, 4) is 0 Å². The number of methoxy groups -OCH3 is 1. The Labute approximate surface area is 160 Å². The standard InChI is InChI=1S/C19H18N4O5/c1-11-6-7-12(9-13(11)19(26)27-3)20-17(24)14-10-16(23(2)22-14)21-18(25)15-5-4-8-28-15/h4-10H,1-3H3,(H,20,24)(H,21,25). The third kappa shape index (κ3) is 3.93. The van der Waals surface area contributed by atoms with Gasteiger partial charge in [0.2, 0.25) is 0 Å². The second kappa shape index (κ2) is 7.78. The molecule has 0 aliphatic carbocycles. The molecule has 2 amide bonds. The largest absolute Gasteiger partial charge is 0.465 e. The first-order valence-electron chi connectivity index (χ1n) is 8.28. The van der Waals surface area contributed by atoms with Gasteiger partial charge in [0.15, 0.2) is 11.5 Å². The Kier molecular flexibility index (Phi) is 5.25. The summed E-state index contributed by atoms with van der Waals surface area (Å²) in [6, 6.07) is 9.46. The van der Waals surface area contributed by atoms with Crippen LogP contribution < -0.4 is 10.6 Å². The number of carbonyl (C=O) groups is 3. The van der Waals surface area contributed by atoms with E-state index in [9.17, 15) is 14.4 Å². The van der Waals surface area contributed by atoms with E-state index < -0.39 is 17.8 Å². The minimum atomic E-state index is -0.492. The predicted molar refractivity (Wildman–Crippen MR) is 100 cm³/mol. The Bertz CT molecular complexity index is 1040. The summed E-state index contributed by atoms with van der Waals surface area (Å²) in [6.45, 7) is 1.77. The SMILES string of the molecule is COC(=O)c1cc(NC(=O)c2cc(NC(=O)c3ccco3)n(C)n2)ccc1C. The second-order valence-electron chi connectivity index (χ2n) is 5.95. The molecule has 2 heterocycles. The molecule has 0 bridgehead atoms. The quantitative estimate of drug-likeness (QED) is 0.656. The molecule has 2 N–H and O–H groups in total. The van der Waals surface area contributed by atoms with Crippen molar-refractivity contribution in [2.24, 2.45) is 7.05 Å². The van der Waals surface area contributed by atoms with Crippen molar-refractivity contribution in [1.82, 2.24) is 9.78 Å². The molecule has 0 unspecified atom stereocenters. The van der Waals surface area contributed by atoms with Crippen molar-refractivity contribution in [3.63, 3.8) is 0 Å². The fraction of sp³-hybridized carbons (Fsp3) is 0.158. The molecule has 9 nitrogen and oxygen atoms in total. The van der Waals surface area contributed by atoms with Crippen LogP contribution in [0.25, 0.3) is 0 Å². The van der Waals surface area contributed by atoms with Crippen LogP contribution in [-0.4, -0.2) is 34.7 Å². The van der Waals surface area contributed by atoms with Crippen LogP contribution in [-0.2, 0) is 11.8 Å². The Morgan fingerprint density at radius 2 is 1.89 bits per heavy atom. The summed E-state index contributed by atoms with van der Waals surface area (Å²) in [5, 5.41) is 9.39. The van der Waals surface area contributed by atoms with Gasteiger partial charge in [-0.1, -0.05) is 6.07 Å².